The van der Waals surface area contributed by atoms with Crippen molar-refractivity contribution in [2.24, 2.45) is 14.1 Å². The topological polar surface area (TPSA) is 185 Å². The predicted molar refractivity (Wildman–Crippen MR) is 201 cm³/mol. The van der Waals surface area contributed by atoms with Gasteiger partial charge in [-0.2, -0.15) is 9.97 Å². The zero-order valence-electron chi connectivity index (χ0n) is 31.0. The smallest absolute Gasteiger partial charge is 0.256 e. The SMILES string of the molecule is C=C(COc1cc(C(=O)c2c[nH]c3cc(OC)ccc23)cc(OC)c1OC)C(=O)N[C@@H]1CN(c2nc(Nc3cn(C)nc3OC)c3ncn(C)c3n2)C[C@H]1F. The minimum Gasteiger partial charge on any atom is -0.497 e. The number of amides is 1. The fraction of sp³-hybridized carbons (Fsp3) is 0.297. The number of carbonyl (C=O) groups excluding carboxylic acids is 2. The predicted octanol–water partition coefficient (Wildman–Crippen LogP) is 3.87. The maximum Gasteiger partial charge on any atom is 0.256 e. The first-order valence-electron chi connectivity index (χ1n) is 17.0. The number of methoxy groups -OCH3 is 4. The van der Waals surface area contributed by atoms with Gasteiger partial charge in [-0.1, -0.05) is 6.58 Å². The van der Waals surface area contributed by atoms with E-state index in [4.69, 9.17) is 23.7 Å². The lowest BCUT2D eigenvalue weighted by atomic mass is 10.0. The highest BCUT2D eigenvalue weighted by Gasteiger charge is 2.36. The average Bonchev–Trinajstić information content (AvgIpc) is 3.97. The summed E-state index contributed by atoms with van der Waals surface area (Å²) in [7, 11) is 9.50. The van der Waals surface area contributed by atoms with E-state index in [1.54, 1.807) is 78.3 Å². The van der Waals surface area contributed by atoms with Crippen LogP contribution in [0.25, 0.3) is 22.1 Å². The number of aromatic amines is 1. The first kappa shape index (κ1) is 36.5. The van der Waals surface area contributed by atoms with Crippen LogP contribution in [-0.4, -0.2) is 106 Å². The summed E-state index contributed by atoms with van der Waals surface area (Å²) in [5.41, 5.74) is 3.00. The fourth-order valence-corrected chi connectivity index (χ4v) is 6.36. The fourth-order valence-electron chi connectivity index (χ4n) is 6.36. The standard InChI is InChI=1S/C37H39FN10O7/c1-19(17-55-29-11-20(10-28(52-5)32(29)53-6)31(49)23-13-39-25-12-21(51-4)8-9-22(23)25)35(50)42-26-16-48(14-24(26)38)37-43-33(30-34(44-37)46(2)18-40-30)41-27-15-47(3)45-36(27)54-7/h8-13,15,18,24,26,39H,1,14,16-17H2,2-7H3,(H,42,50)(H,41,43,44)/t24-,26-/m1/s1. The van der Waals surface area contributed by atoms with Crippen LogP contribution in [-0.2, 0) is 18.9 Å². The van der Waals surface area contributed by atoms with Crippen LogP contribution in [0.4, 0.5) is 21.8 Å². The van der Waals surface area contributed by atoms with Gasteiger partial charge in [-0.15, -0.1) is 5.10 Å². The van der Waals surface area contributed by atoms with Crippen molar-refractivity contribution in [2.75, 3.05) is 58.4 Å². The van der Waals surface area contributed by atoms with Gasteiger partial charge >= 0.3 is 0 Å². The molecule has 0 bridgehead atoms. The minimum atomic E-state index is -1.45. The molecule has 2 aromatic carbocycles. The molecule has 0 spiro atoms. The molecule has 5 heterocycles. The number of fused-ring (bicyclic) bond motifs is 2. The van der Waals surface area contributed by atoms with Crippen LogP contribution >= 0.6 is 0 Å². The van der Waals surface area contributed by atoms with Gasteiger partial charge in [0.15, 0.2) is 34.3 Å². The molecule has 55 heavy (non-hydrogen) atoms. The van der Waals surface area contributed by atoms with E-state index in [2.05, 4.69) is 42.2 Å². The van der Waals surface area contributed by atoms with E-state index in [0.717, 1.165) is 5.52 Å². The number of ether oxygens (including phenoxy) is 5. The van der Waals surface area contributed by atoms with Crippen LogP contribution in [0.1, 0.15) is 15.9 Å². The summed E-state index contributed by atoms with van der Waals surface area (Å²) < 4.78 is 46.6. The molecule has 1 amide bonds. The number of rotatable bonds is 14. The lowest BCUT2D eigenvalue weighted by Crippen LogP contribution is -2.42. The molecule has 6 aromatic rings. The van der Waals surface area contributed by atoms with Gasteiger partial charge in [-0.3, -0.25) is 14.3 Å². The lowest BCUT2D eigenvalue weighted by molar-refractivity contribution is -0.118. The number of halogens is 1. The monoisotopic (exact) mass is 754 g/mol. The highest BCUT2D eigenvalue weighted by atomic mass is 19.1. The van der Waals surface area contributed by atoms with Crippen molar-refractivity contribution >= 4 is 51.2 Å². The number of hydrogen-bond acceptors (Lipinski definition) is 13. The third kappa shape index (κ3) is 7.00. The zero-order chi connectivity index (χ0) is 39.0. The van der Waals surface area contributed by atoms with Gasteiger partial charge in [0.2, 0.25) is 17.6 Å². The number of benzene rings is 2. The van der Waals surface area contributed by atoms with Crippen molar-refractivity contribution in [2.45, 2.75) is 12.2 Å². The Kier molecular flexibility index (Phi) is 9.88. The molecule has 2 atom stereocenters. The van der Waals surface area contributed by atoms with Crippen LogP contribution in [0.5, 0.6) is 28.9 Å². The molecule has 17 nitrogen and oxygen atoms in total. The van der Waals surface area contributed by atoms with Crippen molar-refractivity contribution in [1.82, 2.24) is 39.6 Å². The largest absolute Gasteiger partial charge is 0.497 e. The second kappa shape index (κ2) is 14.9. The Balaban J connectivity index is 1.04. The maximum atomic E-state index is 15.5. The molecule has 0 aliphatic carbocycles. The van der Waals surface area contributed by atoms with E-state index in [1.165, 1.54) is 27.4 Å². The third-order valence-corrected chi connectivity index (χ3v) is 9.20. The molecule has 1 aliphatic heterocycles. The number of H-pyrrole nitrogens is 1. The molecule has 1 saturated heterocycles. The summed E-state index contributed by atoms with van der Waals surface area (Å²) in [5, 5.41) is 10.9. The number of aryl methyl sites for hydroxylation is 2. The van der Waals surface area contributed by atoms with Crippen LogP contribution < -0.4 is 39.2 Å². The summed E-state index contributed by atoms with van der Waals surface area (Å²) >= 11 is 0. The summed E-state index contributed by atoms with van der Waals surface area (Å²) in [6.45, 7) is 3.59. The number of alkyl halides is 1. The summed E-state index contributed by atoms with van der Waals surface area (Å²) in [6.07, 6.45) is 3.51. The van der Waals surface area contributed by atoms with Crippen molar-refractivity contribution in [3.63, 3.8) is 0 Å². The van der Waals surface area contributed by atoms with E-state index in [9.17, 15) is 9.59 Å². The van der Waals surface area contributed by atoms with Crippen LogP contribution in [0.3, 0.4) is 0 Å². The van der Waals surface area contributed by atoms with Crippen LogP contribution in [0.15, 0.2) is 61.2 Å². The number of aromatic nitrogens is 7. The van der Waals surface area contributed by atoms with Gasteiger partial charge in [0.25, 0.3) is 5.88 Å². The molecule has 7 rings (SSSR count). The van der Waals surface area contributed by atoms with Gasteiger partial charge in [-0.05, 0) is 24.3 Å². The van der Waals surface area contributed by atoms with Crippen molar-refractivity contribution in [3.05, 3.63) is 72.3 Å². The zero-order valence-corrected chi connectivity index (χ0v) is 31.0. The molecule has 286 valence electrons. The Morgan fingerprint density at radius 3 is 2.56 bits per heavy atom. The molecule has 18 heteroatoms. The first-order chi connectivity index (χ1) is 26.5. The summed E-state index contributed by atoms with van der Waals surface area (Å²) in [6, 6.07) is 7.52. The number of carbonyl (C=O) groups is 2. The van der Waals surface area contributed by atoms with Gasteiger partial charge in [0.1, 0.15) is 24.2 Å². The van der Waals surface area contributed by atoms with Gasteiger partial charge in [0, 0.05) is 60.5 Å². The number of anilines is 3. The number of nitrogens with one attached hydrogen (secondary N) is 3. The number of imidazole rings is 1. The summed E-state index contributed by atoms with van der Waals surface area (Å²) in [4.78, 5) is 45.6. The van der Waals surface area contributed by atoms with E-state index >= 15 is 4.39 Å². The molecule has 1 aliphatic rings. The molecule has 1 fully saturated rings. The maximum absolute atomic E-state index is 15.5. The highest BCUT2D eigenvalue weighted by molar-refractivity contribution is 6.16. The average molecular weight is 755 g/mol. The van der Waals surface area contributed by atoms with E-state index in [-0.39, 0.29) is 59.8 Å². The van der Waals surface area contributed by atoms with E-state index < -0.39 is 18.1 Å². The molecular formula is C37H39FN10O7. The molecule has 4 aromatic heterocycles. The third-order valence-electron chi connectivity index (χ3n) is 9.20. The number of hydrogen-bond donors (Lipinski definition) is 3. The van der Waals surface area contributed by atoms with E-state index in [0.29, 0.717) is 45.2 Å². The Morgan fingerprint density at radius 1 is 1.02 bits per heavy atom. The Labute approximate surface area is 314 Å². The normalized spacial score (nSPS) is 15.3. The molecule has 3 N–H and O–H groups in total. The van der Waals surface area contributed by atoms with Gasteiger partial charge in [-0.25, -0.2) is 9.37 Å². The van der Waals surface area contributed by atoms with Gasteiger partial charge < -0.3 is 48.8 Å². The Morgan fingerprint density at radius 2 is 1.82 bits per heavy atom. The molecule has 0 radical (unpaired) electrons. The van der Waals surface area contributed by atoms with Crippen molar-refractivity contribution in [3.8, 4) is 28.9 Å². The highest BCUT2D eigenvalue weighted by Crippen LogP contribution is 2.40. The molecular weight excluding hydrogens is 715 g/mol. The molecule has 0 saturated carbocycles. The van der Waals surface area contributed by atoms with Crippen LogP contribution in [0, 0.1) is 0 Å². The Bertz CT molecular complexity index is 2440. The lowest BCUT2D eigenvalue weighted by Gasteiger charge is -2.19. The number of ketones is 1. The quantitative estimate of drug-likeness (QED) is 0.108. The van der Waals surface area contributed by atoms with Gasteiger partial charge in [0.05, 0.1) is 53.5 Å². The van der Waals surface area contributed by atoms with Crippen molar-refractivity contribution < 1.29 is 37.7 Å². The summed E-state index contributed by atoms with van der Waals surface area (Å²) in [5.74, 6) is 1.31. The minimum absolute atomic E-state index is 0.0124. The second-order valence-corrected chi connectivity index (χ2v) is 12.8. The number of nitrogens with zero attached hydrogens (tertiary/aromatic N) is 7. The Hall–Kier alpha value is -6.85. The second-order valence-electron chi connectivity index (χ2n) is 12.8. The molecule has 0 unspecified atom stereocenters. The first-order valence-corrected chi connectivity index (χ1v) is 17.0. The van der Waals surface area contributed by atoms with E-state index in [1.807, 2.05) is 0 Å². The van der Waals surface area contributed by atoms with Crippen molar-refractivity contribution in [1.29, 1.82) is 0 Å². The van der Waals surface area contributed by atoms with Crippen LogP contribution in [0.2, 0.25) is 0 Å².